The molecule has 20 heavy (non-hydrogen) atoms. The van der Waals surface area contributed by atoms with Crippen LogP contribution in [-0.4, -0.2) is 19.6 Å². The highest BCUT2D eigenvalue weighted by molar-refractivity contribution is 5.03. The molecule has 0 aliphatic rings. The van der Waals surface area contributed by atoms with Crippen LogP contribution < -0.4 is 5.32 Å². The standard InChI is InChI=1S/C13H19F2N5/c1-3-10(2)20-12(4-6-17-20)9-16-8-11-5-7-19(18-11)13(14)15/h4-7,10,13,16H,3,8-9H2,1-2H3/t10-/m0/s1. The second-order valence-electron chi connectivity index (χ2n) is 4.69. The van der Waals surface area contributed by atoms with Gasteiger partial charge >= 0.3 is 6.55 Å². The van der Waals surface area contributed by atoms with Crippen molar-refractivity contribution < 1.29 is 8.78 Å². The van der Waals surface area contributed by atoms with Crippen molar-refractivity contribution in [3.05, 3.63) is 35.9 Å². The summed E-state index contributed by atoms with van der Waals surface area (Å²) in [6.07, 6.45) is 4.06. The molecule has 0 saturated heterocycles. The van der Waals surface area contributed by atoms with Gasteiger partial charge < -0.3 is 5.32 Å². The number of hydrogen-bond donors (Lipinski definition) is 1. The van der Waals surface area contributed by atoms with Crippen molar-refractivity contribution in [1.29, 1.82) is 0 Å². The van der Waals surface area contributed by atoms with Crippen molar-refractivity contribution in [2.24, 2.45) is 0 Å². The van der Waals surface area contributed by atoms with Gasteiger partial charge in [0.2, 0.25) is 0 Å². The highest BCUT2D eigenvalue weighted by Crippen LogP contribution is 2.12. The summed E-state index contributed by atoms with van der Waals surface area (Å²) < 4.78 is 27.4. The molecule has 2 aromatic heterocycles. The molecule has 0 bridgehead atoms. The van der Waals surface area contributed by atoms with E-state index in [0.717, 1.165) is 12.1 Å². The Hall–Kier alpha value is -1.76. The third-order valence-electron chi connectivity index (χ3n) is 3.24. The molecule has 110 valence electrons. The number of aromatic nitrogens is 4. The second-order valence-corrected chi connectivity index (χ2v) is 4.69. The molecule has 0 unspecified atom stereocenters. The van der Waals surface area contributed by atoms with Gasteiger partial charge in [-0.2, -0.15) is 19.0 Å². The quantitative estimate of drug-likeness (QED) is 0.850. The fourth-order valence-corrected chi connectivity index (χ4v) is 1.95. The Bertz CT molecular complexity index is 534. The minimum absolute atomic E-state index is 0.347. The summed E-state index contributed by atoms with van der Waals surface area (Å²) in [4.78, 5) is 0. The van der Waals surface area contributed by atoms with Crippen molar-refractivity contribution in [3.8, 4) is 0 Å². The van der Waals surface area contributed by atoms with Crippen molar-refractivity contribution in [2.45, 2.75) is 45.9 Å². The van der Waals surface area contributed by atoms with E-state index in [1.165, 1.54) is 6.20 Å². The lowest BCUT2D eigenvalue weighted by molar-refractivity contribution is 0.0561. The molecule has 2 heterocycles. The third-order valence-corrected chi connectivity index (χ3v) is 3.24. The summed E-state index contributed by atoms with van der Waals surface area (Å²) in [6.45, 7) is 2.72. The van der Waals surface area contributed by atoms with E-state index in [0.29, 0.717) is 29.5 Å². The number of hydrogen-bond acceptors (Lipinski definition) is 3. The van der Waals surface area contributed by atoms with E-state index in [9.17, 15) is 8.78 Å². The maximum Gasteiger partial charge on any atom is 0.333 e. The van der Waals surface area contributed by atoms with Crippen LogP contribution in [0.1, 0.15) is 44.2 Å². The third kappa shape index (κ3) is 3.41. The minimum Gasteiger partial charge on any atom is -0.305 e. The number of nitrogens with one attached hydrogen (secondary N) is 1. The van der Waals surface area contributed by atoms with E-state index < -0.39 is 6.55 Å². The second kappa shape index (κ2) is 6.60. The molecule has 2 aromatic rings. The summed E-state index contributed by atoms with van der Waals surface area (Å²) in [7, 11) is 0. The Kier molecular flexibility index (Phi) is 4.84. The fraction of sp³-hybridized carbons (Fsp3) is 0.538. The Morgan fingerprint density at radius 1 is 1.30 bits per heavy atom. The SMILES string of the molecule is CC[C@H](C)n1nccc1CNCc1ccn(C(F)F)n1. The first kappa shape index (κ1) is 14.6. The Labute approximate surface area is 116 Å². The summed E-state index contributed by atoms with van der Waals surface area (Å²) in [5.74, 6) is 0. The summed E-state index contributed by atoms with van der Waals surface area (Å²) in [5, 5.41) is 11.3. The lowest BCUT2D eigenvalue weighted by Crippen LogP contribution is -2.18. The first-order chi connectivity index (χ1) is 9.61. The number of nitrogens with zero attached hydrogens (tertiary/aromatic N) is 4. The molecule has 2 rings (SSSR count). The van der Waals surface area contributed by atoms with E-state index in [1.807, 2.05) is 10.7 Å². The van der Waals surface area contributed by atoms with Gasteiger partial charge in [-0.3, -0.25) is 4.68 Å². The Morgan fingerprint density at radius 2 is 2.10 bits per heavy atom. The van der Waals surface area contributed by atoms with E-state index >= 15 is 0 Å². The van der Waals surface area contributed by atoms with E-state index in [-0.39, 0.29) is 0 Å². The minimum atomic E-state index is -2.59. The molecule has 1 N–H and O–H groups in total. The van der Waals surface area contributed by atoms with E-state index in [1.54, 1.807) is 12.3 Å². The summed E-state index contributed by atoms with van der Waals surface area (Å²) in [6, 6.07) is 3.89. The number of halogens is 2. The maximum absolute atomic E-state index is 12.4. The van der Waals surface area contributed by atoms with E-state index in [2.05, 4.69) is 29.4 Å². The Morgan fingerprint density at radius 3 is 2.75 bits per heavy atom. The molecule has 0 aliphatic heterocycles. The van der Waals surface area contributed by atoms with Gasteiger partial charge in [0.25, 0.3) is 0 Å². The molecule has 1 atom stereocenters. The predicted octanol–water partition coefficient (Wildman–Crippen LogP) is 2.74. The van der Waals surface area contributed by atoms with Crippen LogP contribution in [0.3, 0.4) is 0 Å². The van der Waals surface area contributed by atoms with Gasteiger partial charge in [0.05, 0.1) is 11.4 Å². The molecule has 0 saturated carbocycles. The van der Waals surface area contributed by atoms with Crippen LogP contribution in [0.5, 0.6) is 0 Å². The van der Waals surface area contributed by atoms with Crippen molar-refractivity contribution in [2.75, 3.05) is 0 Å². The lowest BCUT2D eigenvalue weighted by Gasteiger charge is -2.13. The molecule has 0 aromatic carbocycles. The van der Waals surface area contributed by atoms with Crippen LogP contribution in [0.2, 0.25) is 0 Å². The average Bonchev–Trinajstić information content (AvgIpc) is 3.07. The fourth-order valence-electron chi connectivity index (χ4n) is 1.95. The van der Waals surface area contributed by atoms with Crippen LogP contribution in [0.15, 0.2) is 24.5 Å². The van der Waals surface area contributed by atoms with Crippen LogP contribution in [0.4, 0.5) is 8.78 Å². The highest BCUT2D eigenvalue weighted by Gasteiger charge is 2.09. The molecular weight excluding hydrogens is 264 g/mol. The van der Waals surface area contributed by atoms with Gasteiger partial charge in [0.15, 0.2) is 0 Å². The van der Waals surface area contributed by atoms with Crippen molar-refractivity contribution >= 4 is 0 Å². The van der Waals surface area contributed by atoms with Gasteiger partial charge in [-0.1, -0.05) is 6.92 Å². The van der Waals surface area contributed by atoms with Gasteiger partial charge in [0.1, 0.15) is 0 Å². The molecule has 0 radical (unpaired) electrons. The topological polar surface area (TPSA) is 47.7 Å². The predicted molar refractivity (Wildman–Crippen MR) is 71.3 cm³/mol. The van der Waals surface area contributed by atoms with Crippen LogP contribution in [-0.2, 0) is 13.1 Å². The van der Waals surface area contributed by atoms with Crippen molar-refractivity contribution in [3.63, 3.8) is 0 Å². The van der Waals surface area contributed by atoms with Gasteiger partial charge in [0, 0.05) is 31.5 Å². The van der Waals surface area contributed by atoms with Gasteiger partial charge in [-0.25, -0.2) is 4.68 Å². The monoisotopic (exact) mass is 283 g/mol. The normalized spacial score (nSPS) is 13.1. The first-order valence-electron chi connectivity index (χ1n) is 6.67. The van der Waals surface area contributed by atoms with E-state index in [4.69, 9.17) is 0 Å². The summed E-state index contributed by atoms with van der Waals surface area (Å²) >= 11 is 0. The zero-order valence-electron chi connectivity index (χ0n) is 11.6. The molecule has 5 nitrogen and oxygen atoms in total. The van der Waals surface area contributed by atoms with Crippen LogP contribution in [0, 0.1) is 0 Å². The molecular formula is C13H19F2N5. The molecule has 0 spiro atoms. The molecule has 7 heteroatoms. The van der Waals surface area contributed by atoms with Crippen molar-refractivity contribution in [1.82, 2.24) is 24.9 Å². The van der Waals surface area contributed by atoms with Gasteiger partial charge in [-0.05, 0) is 25.5 Å². The largest absolute Gasteiger partial charge is 0.333 e. The zero-order chi connectivity index (χ0) is 14.5. The molecule has 0 fully saturated rings. The first-order valence-corrected chi connectivity index (χ1v) is 6.67. The van der Waals surface area contributed by atoms with Crippen LogP contribution >= 0.6 is 0 Å². The summed E-state index contributed by atoms with van der Waals surface area (Å²) in [5.41, 5.74) is 1.67. The lowest BCUT2D eigenvalue weighted by atomic mass is 10.2. The zero-order valence-corrected chi connectivity index (χ0v) is 11.6. The number of alkyl halides is 2. The highest BCUT2D eigenvalue weighted by atomic mass is 19.3. The smallest absolute Gasteiger partial charge is 0.305 e. The Balaban J connectivity index is 1.88. The van der Waals surface area contributed by atoms with Gasteiger partial charge in [-0.15, -0.1) is 0 Å². The molecule has 0 aliphatic carbocycles. The average molecular weight is 283 g/mol. The maximum atomic E-state index is 12.4. The number of rotatable bonds is 7. The molecule has 0 amide bonds. The van der Waals surface area contributed by atoms with Crippen LogP contribution in [0.25, 0.3) is 0 Å².